The molecule has 63 heavy (non-hydrogen) atoms. The van der Waals surface area contributed by atoms with E-state index in [1.54, 1.807) is 11.3 Å². The Morgan fingerprint density at radius 3 is 1.98 bits per heavy atom. The number of fused-ring (bicyclic) bond motifs is 14. The summed E-state index contributed by atoms with van der Waals surface area (Å²) in [6.07, 6.45) is 0. The van der Waals surface area contributed by atoms with Crippen LogP contribution >= 0.6 is 11.3 Å². The van der Waals surface area contributed by atoms with Crippen molar-refractivity contribution in [2.45, 2.75) is 0 Å². The van der Waals surface area contributed by atoms with Gasteiger partial charge in [0.2, 0.25) is 0 Å². The summed E-state index contributed by atoms with van der Waals surface area (Å²) in [5.41, 5.74) is 8.04. The Labute approximate surface area is 363 Å². The lowest BCUT2D eigenvalue weighted by Crippen LogP contribution is -2.00. The van der Waals surface area contributed by atoms with Gasteiger partial charge in [0, 0.05) is 69.5 Å². The first-order valence-electron chi connectivity index (χ1n) is 21.2. The molecule has 0 bridgehead atoms. The molecule has 0 fully saturated rings. The van der Waals surface area contributed by atoms with E-state index in [0.717, 1.165) is 55.1 Å². The van der Waals surface area contributed by atoms with E-state index in [4.69, 9.17) is 19.4 Å². The molecule has 5 nitrogen and oxygen atoms in total. The second-order valence-electron chi connectivity index (χ2n) is 16.3. The predicted octanol–water partition coefficient (Wildman–Crippen LogP) is 15.7. The van der Waals surface area contributed by atoms with Crippen molar-refractivity contribution in [2.24, 2.45) is 0 Å². The maximum atomic E-state index is 6.60. The molecule has 0 saturated heterocycles. The summed E-state index contributed by atoms with van der Waals surface area (Å²) in [6, 6.07) is 69.2. The summed E-state index contributed by atoms with van der Waals surface area (Å²) >= 11 is 1.78. The van der Waals surface area contributed by atoms with Gasteiger partial charge in [-0.25, -0.2) is 15.0 Å². The monoisotopic (exact) mass is 820 g/mol. The van der Waals surface area contributed by atoms with Crippen LogP contribution in [0.1, 0.15) is 0 Å². The predicted molar refractivity (Wildman–Crippen MR) is 263 cm³/mol. The van der Waals surface area contributed by atoms with Crippen molar-refractivity contribution in [3.05, 3.63) is 194 Å². The van der Waals surface area contributed by atoms with Crippen molar-refractivity contribution in [3.8, 4) is 39.9 Å². The van der Waals surface area contributed by atoms with Crippen LogP contribution in [-0.2, 0) is 0 Å². The van der Waals surface area contributed by atoms with E-state index in [1.807, 2.05) is 18.2 Å². The molecule has 0 amide bonds. The number of rotatable bonds is 4. The first-order chi connectivity index (χ1) is 31.2. The summed E-state index contributed by atoms with van der Waals surface area (Å²) in [5, 5.41) is 14.2. The molecular weight excluding hydrogens is 789 g/mol. The van der Waals surface area contributed by atoms with E-state index in [1.165, 1.54) is 63.5 Å². The Bertz CT molecular complexity index is 4220. The number of nitrogens with zero attached hydrogens (tertiary/aromatic N) is 4. The van der Waals surface area contributed by atoms with Gasteiger partial charge in [-0.3, -0.25) is 0 Å². The second-order valence-corrected chi connectivity index (χ2v) is 17.4. The first kappa shape index (κ1) is 34.5. The van der Waals surface area contributed by atoms with Crippen LogP contribution < -0.4 is 0 Å². The lowest BCUT2D eigenvalue weighted by Gasteiger charge is -2.11. The molecule has 6 heteroatoms. The maximum absolute atomic E-state index is 6.60. The summed E-state index contributed by atoms with van der Waals surface area (Å²) in [6.45, 7) is 0. The molecule has 0 N–H and O–H groups in total. The molecule has 292 valence electrons. The number of hydrogen-bond donors (Lipinski definition) is 0. The van der Waals surface area contributed by atoms with E-state index in [9.17, 15) is 0 Å². The molecule has 0 saturated carbocycles. The largest absolute Gasteiger partial charge is 0.456 e. The first-order valence-corrected chi connectivity index (χ1v) is 22.0. The molecular formula is C57H32N4OS. The zero-order chi connectivity index (χ0) is 41.2. The fourth-order valence-electron chi connectivity index (χ4n) is 9.87. The van der Waals surface area contributed by atoms with Crippen LogP contribution in [0.15, 0.2) is 199 Å². The number of aromatic nitrogens is 4. The minimum absolute atomic E-state index is 0.629. The fourth-order valence-corrected chi connectivity index (χ4v) is 11.1. The van der Waals surface area contributed by atoms with E-state index in [0.29, 0.717) is 17.5 Å². The Kier molecular flexibility index (Phi) is 7.21. The van der Waals surface area contributed by atoms with E-state index in [-0.39, 0.29) is 0 Å². The Morgan fingerprint density at radius 2 is 1.10 bits per heavy atom. The molecule has 0 aliphatic rings. The Hall–Kier alpha value is -8.19. The third-order valence-electron chi connectivity index (χ3n) is 12.8. The molecule has 0 aliphatic carbocycles. The lowest BCUT2D eigenvalue weighted by atomic mass is 10.0. The van der Waals surface area contributed by atoms with E-state index in [2.05, 4.69) is 180 Å². The minimum Gasteiger partial charge on any atom is -0.456 e. The van der Waals surface area contributed by atoms with Gasteiger partial charge in [0.25, 0.3) is 0 Å². The van der Waals surface area contributed by atoms with Gasteiger partial charge < -0.3 is 8.98 Å². The Morgan fingerprint density at radius 1 is 0.397 bits per heavy atom. The van der Waals surface area contributed by atoms with Gasteiger partial charge in [-0.1, -0.05) is 140 Å². The van der Waals surface area contributed by atoms with Gasteiger partial charge in [0.05, 0.1) is 11.0 Å². The van der Waals surface area contributed by atoms with Gasteiger partial charge in [0.15, 0.2) is 17.5 Å². The number of thiophene rings is 1. The standard InChI is InChI=1S/C57H32N4OS/c1-2-12-34(13-3-1)55-58-56(60-57(59-55)45-19-10-18-44-42-17-8-9-20-51(42)63-54(44)45)38-22-25-40-37(29-38)23-27-50-52(40)47-32-39(24-28-49(47)62-50)61-48-31-36-15-5-4-14-35(36)30-46(48)43-26-21-33-11-6-7-16-41(33)53(43)61/h1-32H. The van der Waals surface area contributed by atoms with Crippen molar-refractivity contribution >= 4 is 108 Å². The van der Waals surface area contributed by atoms with Gasteiger partial charge in [-0.15, -0.1) is 11.3 Å². The summed E-state index contributed by atoms with van der Waals surface area (Å²) in [7, 11) is 0. The van der Waals surface area contributed by atoms with Crippen LogP contribution in [0.3, 0.4) is 0 Å². The topological polar surface area (TPSA) is 56.7 Å². The van der Waals surface area contributed by atoms with Gasteiger partial charge in [0.1, 0.15) is 11.2 Å². The maximum Gasteiger partial charge on any atom is 0.165 e. The zero-order valence-corrected chi connectivity index (χ0v) is 34.4. The minimum atomic E-state index is 0.629. The Balaban J connectivity index is 0.967. The van der Waals surface area contributed by atoms with Crippen LogP contribution in [0.25, 0.3) is 136 Å². The van der Waals surface area contributed by atoms with Crippen molar-refractivity contribution in [2.75, 3.05) is 0 Å². The molecule has 0 unspecified atom stereocenters. The van der Waals surface area contributed by atoms with Crippen LogP contribution in [0.2, 0.25) is 0 Å². The summed E-state index contributed by atoms with van der Waals surface area (Å²) in [5.74, 6) is 1.93. The quantitative estimate of drug-likeness (QED) is 0.177. The smallest absolute Gasteiger partial charge is 0.165 e. The SMILES string of the molecule is c1ccc(-c2nc(-c3ccc4c(ccc5oc6ccc(-n7c8cc9ccccc9cc8c8ccc9ccccc9c87)cc6c54)c3)nc(-c3cccc4c3sc3ccccc34)n2)cc1. The summed E-state index contributed by atoms with van der Waals surface area (Å²) < 4.78 is 11.5. The van der Waals surface area contributed by atoms with Crippen LogP contribution in [0.5, 0.6) is 0 Å². The van der Waals surface area contributed by atoms with E-state index < -0.39 is 0 Å². The molecule has 4 heterocycles. The zero-order valence-electron chi connectivity index (χ0n) is 33.6. The van der Waals surface area contributed by atoms with Gasteiger partial charge in [-0.05, 0) is 81.5 Å². The number of hydrogen-bond acceptors (Lipinski definition) is 5. The van der Waals surface area contributed by atoms with Crippen molar-refractivity contribution in [3.63, 3.8) is 0 Å². The molecule has 0 atom stereocenters. The molecule has 0 radical (unpaired) electrons. The van der Waals surface area contributed by atoms with Crippen LogP contribution in [-0.4, -0.2) is 19.5 Å². The van der Waals surface area contributed by atoms with Crippen molar-refractivity contribution in [1.29, 1.82) is 0 Å². The normalized spacial score (nSPS) is 12.1. The van der Waals surface area contributed by atoms with Crippen molar-refractivity contribution < 1.29 is 4.42 Å². The third-order valence-corrected chi connectivity index (χ3v) is 14.0. The third kappa shape index (κ3) is 5.19. The average Bonchev–Trinajstić information content (AvgIpc) is 4.02. The molecule has 14 rings (SSSR count). The second kappa shape index (κ2) is 13.2. The van der Waals surface area contributed by atoms with Crippen LogP contribution in [0.4, 0.5) is 0 Å². The van der Waals surface area contributed by atoms with E-state index >= 15 is 0 Å². The van der Waals surface area contributed by atoms with Gasteiger partial charge in [-0.2, -0.15) is 0 Å². The molecule has 14 aromatic rings. The average molecular weight is 821 g/mol. The highest BCUT2D eigenvalue weighted by molar-refractivity contribution is 7.26. The lowest BCUT2D eigenvalue weighted by molar-refractivity contribution is 0.669. The number of furan rings is 1. The highest BCUT2D eigenvalue weighted by atomic mass is 32.1. The molecule has 0 aliphatic heterocycles. The summed E-state index contributed by atoms with van der Waals surface area (Å²) in [4.78, 5) is 15.5. The molecule has 10 aromatic carbocycles. The van der Waals surface area contributed by atoms with Crippen LogP contribution in [0, 0.1) is 0 Å². The highest BCUT2D eigenvalue weighted by Gasteiger charge is 2.20. The molecule has 4 aromatic heterocycles. The fraction of sp³-hybridized carbons (Fsp3) is 0. The number of benzene rings is 10. The highest BCUT2D eigenvalue weighted by Crippen LogP contribution is 2.43. The van der Waals surface area contributed by atoms with Crippen molar-refractivity contribution in [1.82, 2.24) is 19.5 Å². The molecule has 0 spiro atoms. The van der Waals surface area contributed by atoms with Gasteiger partial charge >= 0.3 is 0 Å².